The van der Waals surface area contributed by atoms with Crippen molar-refractivity contribution in [1.82, 2.24) is 5.32 Å². The summed E-state index contributed by atoms with van der Waals surface area (Å²) in [4.78, 5) is 11.7. The van der Waals surface area contributed by atoms with Crippen molar-refractivity contribution in [1.29, 1.82) is 0 Å². The lowest BCUT2D eigenvalue weighted by Gasteiger charge is -2.29. The highest BCUT2D eigenvalue weighted by Crippen LogP contribution is 2.42. The Bertz CT molecular complexity index is 183. The standard InChI is InChI=1S/C10H19NO2/c1-4-10(11-3,8-6-7-8)9(12)13-5-2/h8,11H,4-7H2,1-3H3. The first-order chi connectivity index (χ1) is 6.21. The molecule has 0 saturated heterocycles. The molecule has 1 aliphatic rings. The summed E-state index contributed by atoms with van der Waals surface area (Å²) in [5.41, 5.74) is -0.407. The quantitative estimate of drug-likeness (QED) is 0.657. The highest BCUT2D eigenvalue weighted by Gasteiger charge is 2.49. The summed E-state index contributed by atoms with van der Waals surface area (Å²) in [5, 5.41) is 3.14. The van der Waals surface area contributed by atoms with E-state index in [1.54, 1.807) is 0 Å². The van der Waals surface area contributed by atoms with Gasteiger partial charge in [0, 0.05) is 0 Å². The molecular weight excluding hydrogens is 166 g/mol. The molecule has 1 atom stereocenters. The Kier molecular flexibility index (Phi) is 3.31. The number of nitrogens with one attached hydrogen (secondary N) is 1. The average molecular weight is 185 g/mol. The van der Waals surface area contributed by atoms with Crippen LogP contribution in [0.3, 0.4) is 0 Å². The summed E-state index contributed by atoms with van der Waals surface area (Å²) in [7, 11) is 1.85. The van der Waals surface area contributed by atoms with Crippen molar-refractivity contribution in [2.75, 3.05) is 13.7 Å². The summed E-state index contributed by atoms with van der Waals surface area (Å²) in [5.74, 6) is 0.407. The van der Waals surface area contributed by atoms with E-state index in [4.69, 9.17) is 4.74 Å². The van der Waals surface area contributed by atoms with Crippen LogP contribution in [0.15, 0.2) is 0 Å². The third kappa shape index (κ3) is 1.85. The van der Waals surface area contributed by atoms with Gasteiger partial charge in [-0.25, -0.2) is 0 Å². The maximum atomic E-state index is 11.7. The van der Waals surface area contributed by atoms with Gasteiger partial charge in [0.05, 0.1) is 6.61 Å². The molecule has 0 bridgehead atoms. The Hall–Kier alpha value is -0.570. The zero-order valence-electron chi connectivity index (χ0n) is 8.72. The van der Waals surface area contributed by atoms with Gasteiger partial charge in [0.2, 0.25) is 0 Å². The van der Waals surface area contributed by atoms with E-state index < -0.39 is 5.54 Å². The average Bonchev–Trinajstić information content (AvgIpc) is 2.92. The van der Waals surface area contributed by atoms with Crippen molar-refractivity contribution >= 4 is 5.97 Å². The van der Waals surface area contributed by atoms with Crippen LogP contribution in [0, 0.1) is 5.92 Å². The maximum Gasteiger partial charge on any atom is 0.326 e. The monoisotopic (exact) mass is 185 g/mol. The van der Waals surface area contributed by atoms with Crippen LogP contribution in [0.1, 0.15) is 33.1 Å². The van der Waals surface area contributed by atoms with Crippen LogP contribution in [0.5, 0.6) is 0 Å². The fourth-order valence-corrected chi connectivity index (χ4v) is 1.92. The van der Waals surface area contributed by atoms with Crippen LogP contribution >= 0.6 is 0 Å². The predicted molar refractivity (Wildman–Crippen MR) is 51.4 cm³/mol. The van der Waals surface area contributed by atoms with Gasteiger partial charge in [-0.15, -0.1) is 0 Å². The highest BCUT2D eigenvalue weighted by atomic mass is 16.5. The van der Waals surface area contributed by atoms with Gasteiger partial charge in [-0.2, -0.15) is 0 Å². The second-order valence-electron chi connectivity index (χ2n) is 3.57. The van der Waals surface area contributed by atoms with Crippen LogP contribution in [0.2, 0.25) is 0 Å². The molecule has 0 heterocycles. The molecule has 0 aromatic rings. The summed E-state index contributed by atoms with van der Waals surface area (Å²) in [6.45, 7) is 4.35. The first kappa shape index (κ1) is 10.5. The minimum absolute atomic E-state index is 0.0810. The Labute approximate surface area is 79.8 Å². The first-order valence-corrected chi connectivity index (χ1v) is 5.07. The number of carbonyl (C=O) groups is 1. The van der Waals surface area contributed by atoms with Gasteiger partial charge < -0.3 is 10.1 Å². The van der Waals surface area contributed by atoms with Gasteiger partial charge in [0.1, 0.15) is 5.54 Å². The molecule has 0 aromatic heterocycles. The lowest BCUT2D eigenvalue weighted by atomic mass is 9.90. The van der Waals surface area contributed by atoms with Crippen LogP contribution in [-0.4, -0.2) is 25.2 Å². The van der Waals surface area contributed by atoms with Gasteiger partial charge in [0.15, 0.2) is 0 Å². The summed E-state index contributed by atoms with van der Waals surface area (Å²) < 4.78 is 5.09. The van der Waals surface area contributed by atoms with Gasteiger partial charge in [-0.1, -0.05) is 6.92 Å². The van der Waals surface area contributed by atoms with Crippen LogP contribution in [-0.2, 0) is 9.53 Å². The van der Waals surface area contributed by atoms with E-state index in [-0.39, 0.29) is 5.97 Å². The maximum absolute atomic E-state index is 11.7. The normalized spacial score (nSPS) is 20.8. The number of carbonyl (C=O) groups excluding carboxylic acids is 1. The Morgan fingerprint density at radius 2 is 2.15 bits per heavy atom. The van der Waals surface area contributed by atoms with E-state index in [1.807, 2.05) is 20.9 Å². The van der Waals surface area contributed by atoms with Crippen molar-refractivity contribution in [3.8, 4) is 0 Å². The number of likely N-dealkylation sites (N-methyl/N-ethyl adjacent to an activating group) is 1. The predicted octanol–water partition coefficient (Wildman–Crippen LogP) is 1.33. The Balaban J connectivity index is 2.69. The van der Waals surface area contributed by atoms with E-state index in [2.05, 4.69) is 5.32 Å². The molecule has 1 rings (SSSR count). The van der Waals surface area contributed by atoms with E-state index in [0.29, 0.717) is 12.5 Å². The second-order valence-corrected chi connectivity index (χ2v) is 3.57. The molecule has 0 spiro atoms. The molecule has 13 heavy (non-hydrogen) atoms. The van der Waals surface area contributed by atoms with Crippen LogP contribution < -0.4 is 5.32 Å². The summed E-state index contributed by atoms with van der Waals surface area (Å²) >= 11 is 0. The van der Waals surface area contributed by atoms with Gasteiger partial charge in [-0.05, 0) is 39.2 Å². The Morgan fingerprint density at radius 3 is 2.46 bits per heavy atom. The Morgan fingerprint density at radius 1 is 1.54 bits per heavy atom. The van der Waals surface area contributed by atoms with Crippen molar-refractivity contribution < 1.29 is 9.53 Å². The third-order valence-electron chi connectivity index (χ3n) is 2.92. The SMILES string of the molecule is CCOC(=O)C(CC)(NC)C1CC1. The molecule has 1 aliphatic carbocycles. The number of esters is 1. The molecule has 1 saturated carbocycles. The van der Waals surface area contributed by atoms with E-state index in [0.717, 1.165) is 19.3 Å². The van der Waals surface area contributed by atoms with E-state index in [1.165, 1.54) is 0 Å². The van der Waals surface area contributed by atoms with Gasteiger partial charge in [-0.3, -0.25) is 4.79 Å². The second kappa shape index (κ2) is 4.09. The third-order valence-corrected chi connectivity index (χ3v) is 2.92. The molecule has 76 valence electrons. The van der Waals surface area contributed by atoms with E-state index >= 15 is 0 Å². The molecule has 1 N–H and O–H groups in total. The molecule has 1 fully saturated rings. The first-order valence-electron chi connectivity index (χ1n) is 5.07. The van der Waals surface area contributed by atoms with E-state index in [9.17, 15) is 4.79 Å². The smallest absolute Gasteiger partial charge is 0.326 e. The summed E-state index contributed by atoms with van der Waals surface area (Å²) in [6, 6.07) is 0. The van der Waals surface area contributed by atoms with Gasteiger partial charge >= 0.3 is 5.97 Å². The van der Waals surface area contributed by atoms with Crippen LogP contribution in [0.25, 0.3) is 0 Å². The zero-order valence-corrected chi connectivity index (χ0v) is 8.72. The fourth-order valence-electron chi connectivity index (χ4n) is 1.92. The molecule has 0 amide bonds. The zero-order chi connectivity index (χ0) is 9.90. The molecule has 0 aliphatic heterocycles. The summed E-state index contributed by atoms with van der Waals surface area (Å²) in [6.07, 6.45) is 3.11. The molecule has 3 heteroatoms. The minimum Gasteiger partial charge on any atom is -0.465 e. The number of hydrogen-bond donors (Lipinski definition) is 1. The molecule has 3 nitrogen and oxygen atoms in total. The van der Waals surface area contributed by atoms with Gasteiger partial charge in [0.25, 0.3) is 0 Å². The van der Waals surface area contributed by atoms with Crippen molar-refractivity contribution in [3.63, 3.8) is 0 Å². The highest BCUT2D eigenvalue weighted by molar-refractivity contribution is 5.81. The lowest BCUT2D eigenvalue weighted by Crippen LogP contribution is -2.52. The lowest BCUT2D eigenvalue weighted by molar-refractivity contribution is -0.152. The van der Waals surface area contributed by atoms with Crippen LogP contribution in [0.4, 0.5) is 0 Å². The number of ether oxygens (including phenoxy) is 1. The molecule has 1 unspecified atom stereocenters. The fraction of sp³-hybridized carbons (Fsp3) is 0.900. The van der Waals surface area contributed by atoms with Crippen molar-refractivity contribution in [2.45, 2.75) is 38.6 Å². The topological polar surface area (TPSA) is 38.3 Å². The van der Waals surface area contributed by atoms with Crippen molar-refractivity contribution in [3.05, 3.63) is 0 Å². The van der Waals surface area contributed by atoms with Crippen molar-refractivity contribution in [2.24, 2.45) is 5.92 Å². The molecular formula is C10H19NO2. The molecule has 0 aromatic carbocycles. The number of rotatable bonds is 5. The molecule has 0 radical (unpaired) electrons. The largest absolute Gasteiger partial charge is 0.465 e. The number of hydrogen-bond acceptors (Lipinski definition) is 3. The minimum atomic E-state index is -0.407.